The number of aromatic hydroxyl groups is 1. The number of hydrogen-bond donors (Lipinski definition) is 2. The molecule has 0 aliphatic carbocycles. The molecule has 4 nitrogen and oxygen atoms in total. The molecule has 23 heavy (non-hydrogen) atoms. The molecular formula is C19H28NO3+. The van der Waals surface area contributed by atoms with Crippen LogP contribution in [0.1, 0.15) is 38.8 Å². The van der Waals surface area contributed by atoms with Gasteiger partial charge in [0.2, 0.25) is 0 Å². The van der Waals surface area contributed by atoms with Crippen molar-refractivity contribution in [1.29, 1.82) is 0 Å². The van der Waals surface area contributed by atoms with Gasteiger partial charge in [-0.3, -0.25) is 0 Å². The lowest BCUT2D eigenvalue weighted by molar-refractivity contribution is -0.919. The molecule has 0 unspecified atom stereocenters. The fourth-order valence-corrected chi connectivity index (χ4v) is 3.16. The standard InChI is InChI=1S/C19H27NO3/c1-12(2)9-20(10-13(3)4)11-15-7-19(22)23-18-6-14(5)17(21)8-16(15)18/h6-8,12-13,21H,9-11H2,1-5H3/p+1. The molecule has 2 rings (SSSR count). The van der Waals surface area contributed by atoms with E-state index in [4.69, 9.17) is 4.42 Å². The predicted molar refractivity (Wildman–Crippen MR) is 93.0 cm³/mol. The van der Waals surface area contributed by atoms with E-state index in [9.17, 15) is 9.90 Å². The molecule has 1 aromatic carbocycles. The minimum absolute atomic E-state index is 0.238. The van der Waals surface area contributed by atoms with Gasteiger partial charge in [0.25, 0.3) is 0 Å². The van der Waals surface area contributed by atoms with Crippen LogP contribution in [0.2, 0.25) is 0 Å². The van der Waals surface area contributed by atoms with E-state index in [0.717, 1.165) is 30.6 Å². The third-order valence-corrected chi connectivity index (χ3v) is 3.98. The van der Waals surface area contributed by atoms with E-state index in [1.807, 2.05) is 0 Å². The van der Waals surface area contributed by atoms with Gasteiger partial charge in [0.05, 0.1) is 13.1 Å². The highest BCUT2D eigenvalue weighted by Gasteiger charge is 2.17. The summed E-state index contributed by atoms with van der Waals surface area (Å²) in [5.74, 6) is 1.42. The first kappa shape index (κ1) is 17.5. The lowest BCUT2D eigenvalue weighted by Crippen LogP contribution is -3.11. The fraction of sp³-hybridized carbons (Fsp3) is 0.526. The number of benzene rings is 1. The van der Waals surface area contributed by atoms with Crippen LogP contribution in [0.3, 0.4) is 0 Å². The van der Waals surface area contributed by atoms with Gasteiger partial charge < -0.3 is 14.4 Å². The SMILES string of the molecule is Cc1cc2oc(=O)cc(C[NH+](CC(C)C)CC(C)C)c2cc1O. The Labute approximate surface area is 137 Å². The maximum atomic E-state index is 11.9. The molecule has 0 saturated carbocycles. The number of hydrogen-bond acceptors (Lipinski definition) is 3. The molecule has 4 heteroatoms. The Balaban J connectivity index is 2.44. The molecule has 0 bridgehead atoms. The van der Waals surface area contributed by atoms with Gasteiger partial charge in [0.15, 0.2) is 0 Å². The second-order valence-electron chi connectivity index (χ2n) is 7.35. The molecule has 0 radical (unpaired) electrons. The summed E-state index contributed by atoms with van der Waals surface area (Å²) in [6.45, 7) is 13.5. The molecule has 0 fully saturated rings. The van der Waals surface area contributed by atoms with Crippen LogP contribution in [0.4, 0.5) is 0 Å². The van der Waals surface area contributed by atoms with Gasteiger partial charge in [-0.25, -0.2) is 4.79 Å². The summed E-state index contributed by atoms with van der Waals surface area (Å²) < 4.78 is 5.31. The highest BCUT2D eigenvalue weighted by molar-refractivity contribution is 5.82. The Bertz CT molecular complexity index is 721. The molecule has 1 heterocycles. The predicted octanol–water partition coefficient (Wildman–Crippen LogP) is 2.50. The molecule has 126 valence electrons. The molecule has 0 saturated heterocycles. The molecular weight excluding hydrogens is 290 g/mol. The van der Waals surface area contributed by atoms with Crippen LogP contribution in [0.15, 0.2) is 27.4 Å². The van der Waals surface area contributed by atoms with E-state index in [2.05, 4.69) is 27.7 Å². The van der Waals surface area contributed by atoms with Crippen LogP contribution in [-0.2, 0) is 6.54 Å². The summed E-state index contributed by atoms with van der Waals surface area (Å²) in [4.78, 5) is 13.3. The zero-order valence-corrected chi connectivity index (χ0v) is 14.8. The zero-order chi connectivity index (χ0) is 17.1. The normalized spacial score (nSPS) is 12.0. The van der Waals surface area contributed by atoms with E-state index < -0.39 is 0 Å². The van der Waals surface area contributed by atoms with E-state index in [-0.39, 0.29) is 11.4 Å². The van der Waals surface area contributed by atoms with Gasteiger partial charge in [0.1, 0.15) is 17.9 Å². The van der Waals surface area contributed by atoms with E-state index in [0.29, 0.717) is 23.0 Å². The molecule has 0 atom stereocenters. The number of phenols is 1. The Hall–Kier alpha value is -1.81. The second-order valence-corrected chi connectivity index (χ2v) is 7.35. The van der Waals surface area contributed by atoms with E-state index in [1.54, 1.807) is 25.1 Å². The number of phenolic OH excluding ortho intramolecular Hbond substituents is 1. The van der Waals surface area contributed by atoms with Crippen molar-refractivity contribution in [2.75, 3.05) is 13.1 Å². The summed E-state index contributed by atoms with van der Waals surface area (Å²) in [5.41, 5.74) is 1.89. The van der Waals surface area contributed by atoms with E-state index >= 15 is 0 Å². The van der Waals surface area contributed by atoms with Gasteiger partial charge in [-0.05, 0) is 24.6 Å². The third kappa shape index (κ3) is 4.58. The second kappa shape index (κ2) is 7.18. The van der Waals surface area contributed by atoms with Crippen LogP contribution in [-0.4, -0.2) is 18.2 Å². The molecule has 1 aromatic heterocycles. The number of quaternary nitrogens is 1. The highest BCUT2D eigenvalue weighted by Crippen LogP contribution is 2.25. The summed E-state index contributed by atoms with van der Waals surface area (Å²) in [7, 11) is 0. The van der Waals surface area contributed by atoms with Gasteiger partial charge in [-0.15, -0.1) is 0 Å². The highest BCUT2D eigenvalue weighted by atomic mass is 16.4. The fourth-order valence-electron chi connectivity index (χ4n) is 3.16. The molecule has 0 aliphatic heterocycles. The lowest BCUT2D eigenvalue weighted by atomic mass is 10.1. The van der Waals surface area contributed by atoms with Gasteiger partial charge in [-0.2, -0.15) is 0 Å². The van der Waals surface area contributed by atoms with Crippen LogP contribution >= 0.6 is 0 Å². The molecule has 2 aromatic rings. The van der Waals surface area contributed by atoms with Gasteiger partial charge in [0, 0.05) is 28.9 Å². The first-order chi connectivity index (χ1) is 10.8. The number of aryl methyl sites for hydroxylation is 1. The summed E-state index contributed by atoms with van der Waals surface area (Å²) in [6.07, 6.45) is 0. The van der Waals surface area contributed by atoms with Crippen molar-refractivity contribution in [3.8, 4) is 5.75 Å². The lowest BCUT2D eigenvalue weighted by Gasteiger charge is -2.23. The molecule has 0 amide bonds. The van der Waals surface area contributed by atoms with Crippen molar-refractivity contribution in [2.24, 2.45) is 11.8 Å². The van der Waals surface area contributed by atoms with Crippen molar-refractivity contribution in [3.05, 3.63) is 39.7 Å². The van der Waals surface area contributed by atoms with Crippen LogP contribution in [0, 0.1) is 18.8 Å². The quantitative estimate of drug-likeness (QED) is 0.805. The largest absolute Gasteiger partial charge is 0.508 e. The van der Waals surface area contributed by atoms with Crippen molar-refractivity contribution in [3.63, 3.8) is 0 Å². The van der Waals surface area contributed by atoms with Crippen LogP contribution < -0.4 is 10.5 Å². The topological polar surface area (TPSA) is 54.9 Å². The van der Waals surface area contributed by atoms with Gasteiger partial charge in [-0.1, -0.05) is 27.7 Å². The Morgan fingerprint density at radius 2 is 1.70 bits per heavy atom. The minimum atomic E-state index is -0.328. The third-order valence-electron chi connectivity index (χ3n) is 3.98. The van der Waals surface area contributed by atoms with E-state index in [1.165, 1.54) is 4.90 Å². The smallest absolute Gasteiger partial charge is 0.336 e. The monoisotopic (exact) mass is 318 g/mol. The summed E-state index contributed by atoms with van der Waals surface area (Å²) in [6, 6.07) is 5.02. The first-order valence-electron chi connectivity index (χ1n) is 8.36. The minimum Gasteiger partial charge on any atom is -0.508 e. The van der Waals surface area contributed by atoms with Crippen molar-refractivity contribution in [1.82, 2.24) is 0 Å². The Morgan fingerprint density at radius 1 is 1.09 bits per heavy atom. The Morgan fingerprint density at radius 3 is 2.26 bits per heavy atom. The summed E-state index contributed by atoms with van der Waals surface area (Å²) in [5, 5.41) is 10.8. The number of nitrogens with one attached hydrogen (secondary N) is 1. The Kier molecular flexibility index (Phi) is 5.47. The molecule has 0 aliphatic rings. The zero-order valence-electron chi connectivity index (χ0n) is 14.8. The average molecular weight is 318 g/mol. The number of fused-ring (bicyclic) bond motifs is 1. The maximum absolute atomic E-state index is 11.9. The van der Waals surface area contributed by atoms with Crippen LogP contribution in [0.5, 0.6) is 5.75 Å². The maximum Gasteiger partial charge on any atom is 0.336 e. The number of rotatable bonds is 6. The van der Waals surface area contributed by atoms with Crippen molar-refractivity contribution >= 4 is 11.0 Å². The summed E-state index contributed by atoms with van der Waals surface area (Å²) >= 11 is 0. The molecule has 0 spiro atoms. The van der Waals surface area contributed by atoms with Crippen molar-refractivity contribution < 1.29 is 14.4 Å². The van der Waals surface area contributed by atoms with Crippen molar-refractivity contribution in [2.45, 2.75) is 41.2 Å². The molecule has 2 N–H and O–H groups in total. The van der Waals surface area contributed by atoms with Crippen LogP contribution in [0.25, 0.3) is 11.0 Å². The van der Waals surface area contributed by atoms with Gasteiger partial charge >= 0.3 is 5.63 Å². The first-order valence-corrected chi connectivity index (χ1v) is 8.36. The average Bonchev–Trinajstić information content (AvgIpc) is 2.39.